The van der Waals surface area contributed by atoms with Crippen molar-refractivity contribution in [3.05, 3.63) is 0 Å². The molecule has 3 atom stereocenters. The summed E-state index contributed by atoms with van der Waals surface area (Å²) < 4.78 is 51.7. The number of carbonyl (C=O) groups is 8. The van der Waals surface area contributed by atoms with Crippen LogP contribution in [0.1, 0.15) is 155 Å². The number of carbonyl (C=O) groups excluding carboxylic acids is 7. The van der Waals surface area contributed by atoms with Crippen LogP contribution in [0.4, 0.5) is 0 Å². The summed E-state index contributed by atoms with van der Waals surface area (Å²) in [4.78, 5) is 96.4. The number of hydrogen-bond donors (Lipinski definition) is 7. The van der Waals surface area contributed by atoms with Crippen molar-refractivity contribution in [2.24, 2.45) is 11.7 Å². The molecular formula is C50H90N4O17S2. The topological polar surface area (TPSA) is 330 Å². The van der Waals surface area contributed by atoms with Crippen molar-refractivity contribution in [2.75, 3.05) is 96.4 Å². The summed E-state index contributed by atoms with van der Waals surface area (Å²) in [6, 6.07) is -1.64. The lowest BCUT2D eigenvalue weighted by molar-refractivity contribution is -0.144. The van der Waals surface area contributed by atoms with E-state index in [1.807, 2.05) is 0 Å². The van der Waals surface area contributed by atoms with E-state index in [-0.39, 0.29) is 138 Å². The highest BCUT2D eigenvalue weighted by atomic mass is 32.2. The molecule has 0 aromatic carbocycles. The number of ether oxygens (including phenoxy) is 4. The molecule has 0 aromatic rings. The smallest absolute Gasteiger partial charge is 0.306 e. The van der Waals surface area contributed by atoms with Gasteiger partial charge in [0, 0.05) is 57.6 Å². The molecule has 0 aliphatic heterocycles. The monoisotopic (exact) mass is 1080 g/mol. The minimum atomic E-state index is -3.84. The van der Waals surface area contributed by atoms with Crippen LogP contribution in [-0.4, -0.2) is 178 Å². The van der Waals surface area contributed by atoms with Gasteiger partial charge in [-0.2, -0.15) is 20.2 Å². The molecule has 0 unspecified atom stereocenters. The molecule has 0 radical (unpaired) electrons. The van der Waals surface area contributed by atoms with Crippen LogP contribution in [0.25, 0.3) is 0 Å². The van der Waals surface area contributed by atoms with Gasteiger partial charge >= 0.3 is 5.97 Å². The largest absolute Gasteiger partial charge is 0.481 e. The van der Waals surface area contributed by atoms with E-state index < -0.39 is 46.5 Å². The van der Waals surface area contributed by atoms with Gasteiger partial charge in [-0.1, -0.05) is 83.5 Å². The Morgan fingerprint density at radius 1 is 0.589 bits per heavy atom. The summed E-state index contributed by atoms with van der Waals surface area (Å²) >= 11 is 1.26. The molecule has 2 amide bonds. The van der Waals surface area contributed by atoms with Crippen LogP contribution >= 0.6 is 11.8 Å². The first kappa shape index (κ1) is 69.7. The normalized spacial score (nSPS) is 12.8. The highest BCUT2D eigenvalue weighted by Crippen LogP contribution is 2.17. The number of aliphatic hydroxyl groups excluding tert-OH is 1. The molecule has 23 heteroatoms. The van der Waals surface area contributed by atoms with E-state index in [0.29, 0.717) is 44.6 Å². The molecule has 0 aliphatic rings. The lowest BCUT2D eigenvalue weighted by atomic mass is 9.94. The van der Waals surface area contributed by atoms with Crippen LogP contribution < -0.4 is 21.7 Å². The number of amides is 2. The van der Waals surface area contributed by atoms with Crippen molar-refractivity contribution >= 4 is 68.6 Å². The zero-order valence-electron chi connectivity index (χ0n) is 43.6. The third kappa shape index (κ3) is 47.0. The first-order chi connectivity index (χ1) is 34.9. The van der Waals surface area contributed by atoms with E-state index >= 15 is 0 Å². The second-order valence-corrected chi connectivity index (χ2v) is 20.9. The molecule has 73 heavy (non-hydrogen) atoms. The molecule has 21 nitrogen and oxygen atoms in total. The van der Waals surface area contributed by atoms with Gasteiger partial charge < -0.3 is 45.5 Å². The fraction of sp³-hybridized carbons (Fsp3) is 0.840. The molecule has 8 N–H and O–H groups in total. The Morgan fingerprint density at radius 2 is 1.11 bits per heavy atom. The van der Waals surface area contributed by atoms with Crippen LogP contribution in [0.2, 0.25) is 0 Å². The van der Waals surface area contributed by atoms with Gasteiger partial charge in [0.1, 0.15) is 30.6 Å². The SMILES string of the molecule is CC(=O)[C@H](CSCC(=O)CCCNC(=O)COCCOCCCC(=O)COCCOCCNC(=O)CC[C@@H](CC(=O)CCCCCCCCCCCCCCCCCS(=O)(=O)O)C(=O)O)NCC(=O)[C@@H](N)CO. The van der Waals surface area contributed by atoms with E-state index in [2.05, 4.69) is 16.0 Å². The number of carboxylic acids is 1. The van der Waals surface area contributed by atoms with Crippen LogP contribution in [0.5, 0.6) is 0 Å². The Balaban J connectivity index is 3.72. The van der Waals surface area contributed by atoms with Crippen LogP contribution in [0, 0.1) is 5.92 Å². The zero-order valence-corrected chi connectivity index (χ0v) is 45.2. The summed E-state index contributed by atoms with van der Waals surface area (Å²) in [6.07, 6.45) is 17.3. The molecule has 0 rings (SSSR count). The summed E-state index contributed by atoms with van der Waals surface area (Å²) in [7, 11) is -3.84. The lowest BCUT2D eigenvalue weighted by Gasteiger charge is -2.16. The Labute approximate surface area is 438 Å². The van der Waals surface area contributed by atoms with Crippen molar-refractivity contribution < 1.29 is 80.5 Å². The van der Waals surface area contributed by atoms with Gasteiger partial charge in [0.15, 0.2) is 11.6 Å². The highest BCUT2D eigenvalue weighted by Gasteiger charge is 2.22. The van der Waals surface area contributed by atoms with E-state index in [1.165, 1.54) is 50.8 Å². The summed E-state index contributed by atoms with van der Waals surface area (Å²) in [5, 5.41) is 26.7. The van der Waals surface area contributed by atoms with Crippen molar-refractivity contribution in [3.63, 3.8) is 0 Å². The molecule has 0 spiro atoms. The predicted octanol–water partition coefficient (Wildman–Crippen LogP) is 3.72. The Morgan fingerprint density at radius 3 is 1.68 bits per heavy atom. The van der Waals surface area contributed by atoms with Gasteiger partial charge in [-0.05, 0) is 39.0 Å². The van der Waals surface area contributed by atoms with Gasteiger partial charge in [0.25, 0.3) is 10.1 Å². The Kier molecular flexibility index (Phi) is 45.1. The number of aliphatic carboxylic acids is 1. The molecule has 0 bridgehead atoms. The van der Waals surface area contributed by atoms with Gasteiger partial charge in [0.2, 0.25) is 11.8 Å². The second-order valence-electron chi connectivity index (χ2n) is 18.3. The Bertz CT molecular complexity index is 1660. The minimum Gasteiger partial charge on any atom is -0.481 e. The quantitative estimate of drug-likeness (QED) is 0.0337. The van der Waals surface area contributed by atoms with Gasteiger partial charge in [0.05, 0.1) is 75.7 Å². The summed E-state index contributed by atoms with van der Waals surface area (Å²) in [5.41, 5.74) is 5.47. The van der Waals surface area contributed by atoms with Gasteiger partial charge in [-0.25, -0.2) is 0 Å². The summed E-state index contributed by atoms with van der Waals surface area (Å²) in [5.74, 6) is -3.17. The van der Waals surface area contributed by atoms with E-state index in [9.17, 15) is 51.9 Å². The van der Waals surface area contributed by atoms with Crippen LogP contribution in [-0.2, 0) is 67.4 Å². The molecule has 0 heterocycles. The van der Waals surface area contributed by atoms with Gasteiger partial charge in [-0.3, -0.25) is 48.2 Å². The van der Waals surface area contributed by atoms with Crippen molar-refractivity contribution in [2.45, 2.75) is 167 Å². The number of ketones is 5. The van der Waals surface area contributed by atoms with Crippen LogP contribution in [0.3, 0.4) is 0 Å². The first-order valence-corrected chi connectivity index (χ1v) is 29.0. The minimum absolute atomic E-state index is 0.0182. The number of hydrogen-bond acceptors (Lipinski definition) is 18. The van der Waals surface area contributed by atoms with Crippen LogP contribution in [0.15, 0.2) is 0 Å². The first-order valence-electron chi connectivity index (χ1n) is 26.2. The number of aliphatic hydroxyl groups is 1. The number of unbranched alkanes of at least 4 members (excludes halogenated alkanes) is 14. The molecule has 0 saturated carbocycles. The fourth-order valence-corrected chi connectivity index (χ4v) is 8.84. The number of nitrogens with one attached hydrogen (secondary N) is 3. The molecule has 0 aromatic heterocycles. The van der Waals surface area contributed by atoms with E-state index in [1.54, 1.807) is 0 Å². The third-order valence-electron chi connectivity index (χ3n) is 11.6. The number of Topliss-reactive ketones (excluding diaryl/α,β-unsaturated/α-hetero) is 5. The summed E-state index contributed by atoms with van der Waals surface area (Å²) in [6.45, 7) is 2.35. The van der Waals surface area contributed by atoms with E-state index in [4.69, 9.17) is 34.3 Å². The van der Waals surface area contributed by atoms with Crippen molar-refractivity contribution in [3.8, 4) is 0 Å². The molecule has 0 fully saturated rings. The number of nitrogens with two attached hydrogens (primary N) is 1. The molecule has 424 valence electrons. The fourth-order valence-electron chi connectivity index (χ4n) is 7.19. The highest BCUT2D eigenvalue weighted by molar-refractivity contribution is 8.00. The van der Waals surface area contributed by atoms with Crippen molar-refractivity contribution in [1.29, 1.82) is 0 Å². The van der Waals surface area contributed by atoms with E-state index in [0.717, 1.165) is 57.8 Å². The standard InChI is InChI=1S/C50H90N4O17S2/c1-40(56)46(54-34-47(60)45(51)35-55)39-72-38-44(59)20-17-24-52-49(62)37-71-31-28-68-26-18-21-43(58)36-70-30-29-69-27-25-53-48(61)23-22-41(50(63)64)33-42(57)19-15-13-11-9-7-5-3-2-4-6-8-10-12-14-16-32-73(65,66)67/h41,45-46,54-55H,2-39,51H2,1H3,(H,52,62)(H,53,61)(H,63,64)(H,65,66,67)/t41-,45-,46-/m0/s1. The second kappa shape index (κ2) is 47.2. The number of thioether (sulfide) groups is 1. The van der Waals surface area contributed by atoms with Gasteiger partial charge in [-0.15, -0.1) is 0 Å². The molecule has 0 saturated heterocycles. The van der Waals surface area contributed by atoms with Crippen molar-refractivity contribution in [1.82, 2.24) is 16.0 Å². The average molecular weight is 1080 g/mol. The maximum absolute atomic E-state index is 12.5. The predicted molar refractivity (Wildman–Crippen MR) is 278 cm³/mol. The maximum atomic E-state index is 12.5. The average Bonchev–Trinajstić information content (AvgIpc) is 3.34. The molecule has 0 aliphatic carbocycles. The number of carboxylic acid groups (broad SMARTS) is 1. The zero-order chi connectivity index (χ0) is 54.4. The number of rotatable bonds is 55. The Hall–Kier alpha value is -3.26. The molecular weight excluding hydrogens is 993 g/mol. The lowest BCUT2D eigenvalue weighted by Crippen LogP contribution is -2.46. The maximum Gasteiger partial charge on any atom is 0.306 e. The third-order valence-corrected chi connectivity index (χ3v) is 13.5.